The Morgan fingerprint density at radius 1 is 1.00 bits per heavy atom. The SMILES string of the molecule is CC1=C(c2nc(-c3cccs3)no2)C(c2ccccc2)NC(=S)N1c1ccc(C)c(C)c1. The van der Waals surface area contributed by atoms with Crippen molar-refractivity contribution in [3.05, 3.63) is 94.3 Å². The minimum Gasteiger partial charge on any atom is -0.351 e. The summed E-state index contributed by atoms with van der Waals surface area (Å²) in [5.74, 6) is 1.08. The predicted octanol–water partition coefficient (Wildman–Crippen LogP) is 6.28. The van der Waals surface area contributed by atoms with E-state index in [1.807, 2.05) is 40.6 Å². The molecule has 4 aromatic rings. The monoisotopic (exact) mass is 458 g/mol. The third-order valence-electron chi connectivity index (χ3n) is 5.76. The van der Waals surface area contributed by atoms with Gasteiger partial charge in [-0.25, -0.2) is 0 Å². The van der Waals surface area contributed by atoms with Crippen molar-refractivity contribution < 1.29 is 4.52 Å². The number of allylic oxidation sites excluding steroid dienone is 1. The van der Waals surface area contributed by atoms with Gasteiger partial charge in [0.05, 0.1) is 16.5 Å². The van der Waals surface area contributed by atoms with Crippen LogP contribution in [0.4, 0.5) is 5.69 Å². The Hall–Kier alpha value is -3.29. The molecule has 5 rings (SSSR count). The van der Waals surface area contributed by atoms with E-state index in [0.717, 1.165) is 27.4 Å². The average molecular weight is 459 g/mol. The lowest BCUT2D eigenvalue weighted by molar-refractivity contribution is 0.404. The zero-order valence-electron chi connectivity index (χ0n) is 18.0. The third-order valence-corrected chi connectivity index (χ3v) is 6.93. The summed E-state index contributed by atoms with van der Waals surface area (Å²) in [5, 5.41) is 10.4. The summed E-state index contributed by atoms with van der Waals surface area (Å²) in [6.07, 6.45) is 0. The molecular formula is C25H22N4OS2. The van der Waals surface area contributed by atoms with Crippen molar-refractivity contribution in [3.8, 4) is 10.7 Å². The van der Waals surface area contributed by atoms with Gasteiger partial charge in [0.2, 0.25) is 5.82 Å². The van der Waals surface area contributed by atoms with Gasteiger partial charge in [-0.05, 0) is 73.3 Å². The number of thiophene rings is 1. The highest BCUT2D eigenvalue weighted by Crippen LogP contribution is 2.39. The second-order valence-electron chi connectivity index (χ2n) is 7.80. The van der Waals surface area contributed by atoms with E-state index in [9.17, 15) is 0 Å². The molecule has 1 atom stereocenters. The van der Waals surface area contributed by atoms with Gasteiger partial charge in [0.25, 0.3) is 5.89 Å². The van der Waals surface area contributed by atoms with Crippen LogP contribution in [0.15, 0.2) is 76.3 Å². The lowest BCUT2D eigenvalue weighted by atomic mass is 9.94. The van der Waals surface area contributed by atoms with Crippen LogP contribution in [0, 0.1) is 13.8 Å². The number of anilines is 1. The maximum Gasteiger partial charge on any atom is 0.258 e. The number of nitrogens with one attached hydrogen (secondary N) is 1. The fourth-order valence-corrected chi connectivity index (χ4v) is 4.94. The molecule has 32 heavy (non-hydrogen) atoms. The Balaban J connectivity index is 1.67. The predicted molar refractivity (Wildman–Crippen MR) is 134 cm³/mol. The quantitative estimate of drug-likeness (QED) is 0.363. The number of thiocarbonyl (C=S) groups is 1. The molecule has 160 valence electrons. The van der Waals surface area contributed by atoms with Crippen LogP contribution in [-0.4, -0.2) is 15.3 Å². The Morgan fingerprint density at radius 2 is 1.81 bits per heavy atom. The van der Waals surface area contributed by atoms with E-state index in [4.69, 9.17) is 21.7 Å². The lowest BCUT2D eigenvalue weighted by Crippen LogP contribution is -2.46. The van der Waals surface area contributed by atoms with Crippen LogP contribution >= 0.6 is 23.6 Å². The minimum atomic E-state index is -0.192. The van der Waals surface area contributed by atoms with E-state index in [1.165, 1.54) is 11.1 Å². The molecule has 0 bridgehead atoms. The van der Waals surface area contributed by atoms with Crippen LogP contribution in [0.1, 0.15) is 35.5 Å². The molecule has 0 radical (unpaired) electrons. The molecule has 7 heteroatoms. The van der Waals surface area contributed by atoms with Crippen LogP contribution < -0.4 is 10.2 Å². The number of aryl methyl sites for hydroxylation is 2. The first-order valence-corrected chi connectivity index (χ1v) is 11.6. The molecule has 0 saturated carbocycles. The third kappa shape index (κ3) is 3.63. The second kappa shape index (κ2) is 8.33. The highest BCUT2D eigenvalue weighted by atomic mass is 32.1. The van der Waals surface area contributed by atoms with Crippen LogP contribution in [-0.2, 0) is 0 Å². The van der Waals surface area contributed by atoms with E-state index in [-0.39, 0.29) is 6.04 Å². The van der Waals surface area contributed by atoms with Gasteiger partial charge in [-0.2, -0.15) is 4.98 Å². The normalized spacial score (nSPS) is 16.4. The van der Waals surface area contributed by atoms with Crippen molar-refractivity contribution in [2.75, 3.05) is 4.90 Å². The van der Waals surface area contributed by atoms with Gasteiger partial charge in [-0.3, -0.25) is 4.90 Å². The Bertz CT molecular complexity index is 1310. The fourth-order valence-electron chi connectivity index (χ4n) is 3.93. The van der Waals surface area contributed by atoms with Crippen molar-refractivity contribution in [2.24, 2.45) is 0 Å². The minimum absolute atomic E-state index is 0.192. The number of hydrogen-bond donors (Lipinski definition) is 1. The Morgan fingerprint density at radius 3 is 2.53 bits per heavy atom. The molecular weight excluding hydrogens is 436 g/mol. The van der Waals surface area contributed by atoms with Crippen molar-refractivity contribution in [1.29, 1.82) is 0 Å². The van der Waals surface area contributed by atoms with Gasteiger partial charge in [0.15, 0.2) is 5.11 Å². The molecule has 1 aliphatic rings. The first-order valence-electron chi connectivity index (χ1n) is 10.3. The molecule has 2 aromatic heterocycles. The van der Waals surface area contributed by atoms with Gasteiger partial charge in [0, 0.05) is 11.4 Å². The first-order chi connectivity index (χ1) is 15.5. The van der Waals surface area contributed by atoms with E-state index in [2.05, 4.69) is 61.6 Å². The number of nitrogens with zero attached hydrogens (tertiary/aromatic N) is 3. The molecule has 0 spiro atoms. The molecule has 0 amide bonds. The van der Waals surface area contributed by atoms with Gasteiger partial charge in [-0.15, -0.1) is 11.3 Å². The number of benzene rings is 2. The summed E-state index contributed by atoms with van der Waals surface area (Å²) in [7, 11) is 0. The van der Waals surface area contributed by atoms with Crippen LogP contribution in [0.3, 0.4) is 0 Å². The summed E-state index contributed by atoms with van der Waals surface area (Å²) < 4.78 is 5.79. The first kappa shape index (κ1) is 20.6. The zero-order chi connectivity index (χ0) is 22.2. The molecule has 0 fully saturated rings. The van der Waals surface area contributed by atoms with Gasteiger partial charge < -0.3 is 9.84 Å². The molecule has 5 nitrogen and oxygen atoms in total. The summed E-state index contributed by atoms with van der Waals surface area (Å²) in [6.45, 7) is 6.27. The van der Waals surface area contributed by atoms with Crippen molar-refractivity contribution in [1.82, 2.24) is 15.5 Å². The lowest BCUT2D eigenvalue weighted by Gasteiger charge is -2.37. The summed E-state index contributed by atoms with van der Waals surface area (Å²) in [5.41, 5.74) is 6.42. The van der Waals surface area contributed by atoms with Gasteiger partial charge in [-0.1, -0.05) is 47.6 Å². The standard InChI is InChI=1S/C25H22N4OS2/c1-15-11-12-19(14-16(15)2)29-17(3)21(22(26-25(29)31)18-8-5-4-6-9-18)24-27-23(28-30-24)20-10-7-13-32-20/h4-14,22H,1-3H3,(H,26,31). The van der Waals surface area contributed by atoms with Gasteiger partial charge >= 0.3 is 0 Å². The van der Waals surface area contributed by atoms with Crippen molar-refractivity contribution in [2.45, 2.75) is 26.8 Å². The number of aromatic nitrogens is 2. The Kier molecular flexibility index (Phi) is 5.36. The second-order valence-corrected chi connectivity index (χ2v) is 9.13. The maximum absolute atomic E-state index is 5.83. The highest BCUT2D eigenvalue weighted by molar-refractivity contribution is 7.80. The number of hydrogen-bond acceptors (Lipinski definition) is 5. The smallest absolute Gasteiger partial charge is 0.258 e. The van der Waals surface area contributed by atoms with E-state index in [0.29, 0.717) is 16.8 Å². The summed E-state index contributed by atoms with van der Waals surface area (Å²) >= 11 is 7.42. The largest absolute Gasteiger partial charge is 0.351 e. The highest BCUT2D eigenvalue weighted by Gasteiger charge is 2.34. The van der Waals surface area contributed by atoms with Crippen LogP contribution in [0.25, 0.3) is 16.3 Å². The summed E-state index contributed by atoms with van der Waals surface area (Å²) in [4.78, 5) is 7.77. The fraction of sp³-hybridized carbons (Fsp3) is 0.160. The molecule has 1 aliphatic heterocycles. The average Bonchev–Trinajstić information content (AvgIpc) is 3.48. The maximum atomic E-state index is 5.83. The topological polar surface area (TPSA) is 54.2 Å². The van der Waals surface area contributed by atoms with Gasteiger partial charge in [0.1, 0.15) is 0 Å². The van der Waals surface area contributed by atoms with E-state index < -0.39 is 0 Å². The zero-order valence-corrected chi connectivity index (χ0v) is 19.6. The molecule has 1 N–H and O–H groups in total. The molecule has 2 aromatic carbocycles. The van der Waals surface area contributed by atoms with Crippen LogP contribution in [0.2, 0.25) is 0 Å². The molecule has 0 saturated heterocycles. The molecule has 3 heterocycles. The molecule has 0 aliphatic carbocycles. The van der Waals surface area contributed by atoms with E-state index >= 15 is 0 Å². The number of rotatable bonds is 4. The Labute approximate surface area is 196 Å². The summed E-state index contributed by atoms with van der Waals surface area (Å²) in [6, 6.07) is 20.3. The van der Waals surface area contributed by atoms with E-state index in [1.54, 1.807) is 11.3 Å². The van der Waals surface area contributed by atoms with Crippen molar-refractivity contribution >= 4 is 39.9 Å². The molecule has 1 unspecified atom stereocenters. The van der Waals surface area contributed by atoms with Crippen LogP contribution in [0.5, 0.6) is 0 Å². The van der Waals surface area contributed by atoms with Crippen molar-refractivity contribution in [3.63, 3.8) is 0 Å².